The van der Waals surface area contributed by atoms with Crippen LogP contribution in [0.4, 0.5) is 0 Å². The van der Waals surface area contributed by atoms with Crippen LogP contribution in [0.15, 0.2) is 17.1 Å². The minimum absolute atomic E-state index is 0.843. The van der Waals surface area contributed by atoms with E-state index >= 15 is 0 Å². The van der Waals surface area contributed by atoms with Gasteiger partial charge < -0.3 is 15.5 Å². The Morgan fingerprint density at radius 2 is 1.95 bits per heavy atom. The second kappa shape index (κ2) is 10.6. The molecule has 1 aromatic heterocycles. The van der Waals surface area contributed by atoms with Gasteiger partial charge in [-0.25, -0.2) is 0 Å². The van der Waals surface area contributed by atoms with Crippen LogP contribution in [0.2, 0.25) is 0 Å². The summed E-state index contributed by atoms with van der Waals surface area (Å²) in [6, 6.07) is 4.41. The highest BCUT2D eigenvalue weighted by molar-refractivity contribution is 7.11. The predicted octanol–water partition coefficient (Wildman–Crippen LogP) is 2.71. The zero-order chi connectivity index (χ0) is 15.5. The third kappa shape index (κ3) is 7.48. The second-order valence-corrected chi connectivity index (χ2v) is 6.48. The number of guanidine groups is 1. The zero-order valence-electron chi connectivity index (χ0n) is 13.9. The molecule has 0 unspecified atom stereocenters. The van der Waals surface area contributed by atoms with E-state index in [0.717, 1.165) is 32.0 Å². The molecule has 0 radical (unpaired) electrons. The molecule has 0 aliphatic rings. The van der Waals surface area contributed by atoms with Crippen LogP contribution >= 0.6 is 11.3 Å². The van der Waals surface area contributed by atoms with Crippen LogP contribution in [0, 0.1) is 0 Å². The average molecular weight is 311 g/mol. The first-order chi connectivity index (χ1) is 10.2. The summed E-state index contributed by atoms with van der Waals surface area (Å²) in [5.41, 5.74) is 0. The van der Waals surface area contributed by atoms with Crippen molar-refractivity contribution in [3.63, 3.8) is 0 Å². The molecule has 0 saturated heterocycles. The van der Waals surface area contributed by atoms with Crippen molar-refractivity contribution < 1.29 is 0 Å². The van der Waals surface area contributed by atoms with E-state index in [2.05, 4.69) is 53.6 Å². The van der Waals surface area contributed by atoms with Crippen LogP contribution in [0.5, 0.6) is 0 Å². The van der Waals surface area contributed by atoms with Crippen molar-refractivity contribution in [3.8, 4) is 0 Å². The number of likely N-dealkylation sites (N-methyl/N-ethyl adjacent to an activating group) is 1. The molecule has 0 fully saturated rings. The Balaban J connectivity index is 2.23. The molecule has 1 heterocycles. The molecule has 5 heteroatoms. The summed E-state index contributed by atoms with van der Waals surface area (Å²) in [5.74, 6) is 0.880. The fraction of sp³-hybridized carbons (Fsp3) is 0.688. The lowest BCUT2D eigenvalue weighted by Crippen LogP contribution is -2.40. The van der Waals surface area contributed by atoms with Crippen LogP contribution < -0.4 is 10.6 Å². The van der Waals surface area contributed by atoms with Crippen LogP contribution in [-0.2, 0) is 13.0 Å². The molecule has 4 nitrogen and oxygen atoms in total. The molecule has 0 aliphatic carbocycles. The second-order valence-electron chi connectivity index (χ2n) is 5.23. The number of thiophene rings is 1. The first-order valence-electron chi connectivity index (χ1n) is 7.90. The van der Waals surface area contributed by atoms with Crippen molar-refractivity contribution >= 4 is 17.3 Å². The van der Waals surface area contributed by atoms with Crippen LogP contribution in [0.3, 0.4) is 0 Å². The maximum atomic E-state index is 4.27. The van der Waals surface area contributed by atoms with E-state index in [-0.39, 0.29) is 0 Å². The van der Waals surface area contributed by atoms with Crippen LogP contribution in [0.1, 0.15) is 36.4 Å². The van der Waals surface area contributed by atoms with Gasteiger partial charge in [-0.1, -0.05) is 20.3 Å². The normalized spacial score (nSPS) is 12.0. The Labute approximate surface area is 133 Å². The number of nitrogens with zero attached hydrogens (tertiary/aromatic N) is 2. The highest BCUT2D eigenvalue weighted by Gasteiger charge is 2.02. The molecule has 0 aliphatic heterocycles. The highest BCUT2D eigenvalue weighted by atomic mass is 32.1. The van der Waals surface area contributed by atoms with Gasteiger partial charge in [0.25, 0.3) is 0 Å². The van der Waals surface area contributed by atoms with Crippen molar-refractivity contribution in [3.05, 3.63) is 21.9 Å². The maximum absolute atomic E-state index is 4.27. The molecule has 0 aromatic carbocycles. The molecule has 0 atom stereocenters. The number of nitrogens with one attached hydrogen (secondary N) is 2. The molecule has 120 valence electrons. The van der Waals surface area contributed by atoms with Gasteiger partial charge in [-0.15, -0.1) is 11.3 Å². The summed E-state index contributed by atoms with van der Waals surface area (Å²) in [5, 5.41) is 6.74. The molecule has 21 heavy (non-hydrogen) atoms. The maximum Gasteiger partial charge on any atom is 0.191 e. The standard InChI is InChI=1S/C16H30N4S/c1-5-7-11-20(4)12-10-18-16(17-3)19-13-15-9-8-14(6-2)21-15/h8-9H,5-7,10-13H2,1-4H3,(H2,17,18,19). The van der Waals surface area contributed by atoms with Gasteiger partial charge in [0.05, 0.1) is 6.54 Å². The van der Waals surface area contributed by atoms with Crippen molar-refractivity contribution in [2.45, 2.75) is 39.7 Å². The lowest BCUT2D eigenvalue weighted by Gasteiger charge is -2.17. The fourth-order valence-corrected chi connectivity index (χ4v) is 2.90. The van der Waals surface area contributed by atoms with Gasteiger partial charge in [0.1, 0.15) is 0 Å². The number of aliphatic imine (C=N–C) groups is 1. The van der Waals surface area contributed by atoms with Gasteiger partial charge in [-0.05, 0) is 38.6 Å². The lowest BCUT2D eigenvalue weighted by atomic mass is 10.3. The van der Waals surface area contributed by atoms with E-state index in [1.165, 1.54) is 29.1 Å². The van der Waals surface area contributed by atoms with Gasteiger partial charge >= 0.3 is 0 Å². The van der Waals surface area contributed by atoms with Gasteiger partial charge in [0.2, 0.25) is 0 Å². The summed E-state index contributed by atoms with van der Waals surface area (Å²) in [7, 11) is 3.99. The highest BCUT2D eigenvalue weighted by Crippen LogP contribution is 2.16. The summed E-state index contributed by atoms with van der Waals surface area (Å²) < 4.78 is 0. The van der Waals surface area contributed by atoms with E-state index in [1.54, 1.807) is 0 Å². The SMILES string of the molecule is CCCCN(C)CCNC(=NC)NCc1ccc(CC)s1. The zero-order valence-corrected chi connectivity index (χ0v) is 14.7. The van der Waals surface area contributed by atoms with Crippen LogP contribution in [0.25, 0.3) is 0 Å². The third-order valence-corrected chi connectivity index (χ3v) is 4.63. The average Bonchev–Trinajstić information content (AvgIpc) is 2.96. The van der Waals surface area contributed by atoms with Crippen LogP contribution in [-0.4, -0.2) is 44.6 Å². The first-order valence-corrected chi connectivity index (χ1v) is 8.71. The number of hydrogen-bond acceptors (Lipinski definition) is 3. The quantitative estimate of drug-likeness (QED) is 0.544. The van der Waals surface area contributed by atoms with E-state index in [1.807, 2.05) is 18.4 Å². The predicted molar refractivity (Wildman–Crippen MR) is 94.3 cm³/mol. The molecular weight excluding hydrogens is 280 g/mol. The first kappa shape index (κ1) is 18.0. The molecule has 0 bridgehead atoms. The number of aryl methyl sites for hydroxylation is 1. The van der Waals surface area contributed by atoms with Crippen molar-refractivity contribution in [2.24, 2.45) is 4.99 Å². The van der Waals surface area contributed by atoms with Crippen molar-refractivity contribution in [2.75, 3.05) is 33.7 Å². The molecule has 0 saturated carbocycles. The van der Waals surface area contributed by atoms with Crippen molar-refractivity contribution in [1.29, 1.82) is 0 Å². The summed E-state index contributed by atoms with van der Waals surface area (Å²) >= 11 is 1.87. The Morgan fingerprint density at radius 3 is 2.57 bits per heavy atom. The van der Waals surface area contributed by atoms with Gasteiger partial charge in [0.15, 0.2) is 5.96 Å². The van der Waals surface area contributed by atoms with E-state index in [0.29, 0.717) is 0 Å². The van der Waals surface area contributed by atoms with Gasteiger partial charge in [-0.2, -0.15) is 0 Å². The Bertz CT molecular complexity index is 414. The summed E-state index contributed by atoms with van der Waals surface area (Å²) in [6.07, 6.45) is 3.63. The van der Waals surface area contributed by atoms with E-state index in [9.17, 15) is 0 Å². The van der Waals surface area contributed by atoms with Crippen molar-refractivity contribution in [1.82, 2.24) is 15.5 Å². The summed E-state index contributed by atoms with van der Waals surface area (Å²) in [4.78, 5) is 9.42. The monoisotopic (exact) mass is 310 g/mol. The van der Waals surface area contributed by atoms with Gasteiger partial charge in [-0.3, -0.25) is 4.99 Å². The smallest absolute Gasteiger partial charge is 0.191 e. The van der Waals surface area contributed by atoms with E-state index < -0.39 is 0 Å². The van der Waals surface area contributed by atoms with Gasteiger partial charge in [0, 0.05) is 29.9 Å². The van der Waals surface area contributed by atoms with E-state index in [4.69, 9.17) is 0 Å². The Kier molecular flexibility index (Phi) is 9.10. The molecule has 0 spiro atoms. The number of rotatable bonds is 9. The molecule has 1 rings (SSSR count). The Morgan fingerprint density at radius 1 is 1.19 bits per heavy atom. The topological polar surface area (TPSA) is 39.7 Å². The minimum atomic E-state index is 0.843. The largest absolute Gasteiger partial charge is 0.355 e. The molecule has 0 amide bonds. The summed E-state index contributed by atoms with van der Waals surface area (Å²) in [6.45, 7) is 8.39. The minimum Gasteiger partial charge on any atom is -0.355 e. The molecule has 1 aromatic rings. The lowest BCUT2D eigenvalue weighted by molar-refractivity contribution is 0.332. The Hall–Kier alpha value is -1.07. The number of unbranched alkanes of at least 4 members (excludes halogenated alkanes) is 1. The fourth-order valence-electron chi connectivity index (χ4n) is 2.00. The number of hydrogen-bond donors (Lipinski definition) is 2. The molecule has 2 N–H and O–H groups in total. The molecular formula is C16H30N4S. The third-order valence-electron chi connectivity index (χ3n) is 3.40.